The number of rotatable bonds is 6. The van der Waals surface area contributed by atoms with Gasteiger partial charge in [0.1, 0.15) is 23.2 Å². The van der Waals surface area contributed by atoms with Crippen molar-refractivity contribution in [3.8, 4) is 5.88 Å². The van der Waals surface area contributed by atoms with E-state index in [1.807, 2.05) is 18.2 Å². The number of aliphatic hydroxyl groups excluding tert-OH is 1. The number of nitrogens with zero attached hydrogens (tertiary/aromatic N) is 2. The standard InChI is InChI=1S/C19H16BrFN2O3/c20-17-18(26-11-15-6-2-1-5-14(15)10-24)22-12-23(19(17)25)9-13-4-3-7-16(21)8-13/h1-8,12,24H,9-11H2. The predicted molar refractivity (Wildman–Crippen MR) is 98.4 cm³/mol. The van der Waals surface area contributed by atoms with Crippen LogP contribution in [0.2, 0.25) is 0 Å². The summed E-state index contributed by atoms with van der Waals surface area (Å²) in [4.78, 5) is 16.6. The van der Waals surface area contributed by atoms with Crippen molar-refractivity contribution in [2.75, 3.05) is 0 Å². The van der Waals surface area contributed by atoms with Crippen molar-refractivity contribution in [3.63, 3.8) is 0 Å². The SMILES string of the molecule is O=c1c(Br)c(OCc2ccccc2CO)ncn1Cc1cccc(F)c1. The number of ether oxygens (including phenoxy) is 1. The summed E-state index contributed by atoms with van der Waals surface area (Å²) in [7, 11) is 0. The number of benzene rings is 2. The predicted octanol–water partition coefficient (Wildman–Crippen LogP) is 3.26. The molecule has 2 aromatic carbocycles. The first-order chi connectivity index (χ1) is 12.6. The topological polar surface area (TPSA) is 64.3 Å². The maximum absolute atomic E-state index is 13.3. The van der Waals surface area contributed by atoms with E-state index in [9.17, 15) is 14.3 Å². The molecule has 3 aromatic rings. The van der Waals surface area contributed by atoms with Gasteiger partial charge in [0.2, 0.25) is 5.88 Å². The molecule has 0 fully saturated rings. The normalized spacial score (nSPS) is 10.7. The summed E-state index contributed by atoms with van der Waals surface area (Å²) in [6, 6.07) is 13.4. The molecule has 0 spiro atoms. The van der Waals surface area contributed by atoms with Gasteiger partial charge in [0.25, 0.3) is 5.56 Å². The minimum atomic E-state index is -0.356. The first kappa shape index (κ1) is 18.3. The Morgan fingerprint density at radius 2 is 1.92 bits per heavy atom. The van der Waals surface area contributed by atoms with Crippen LogP contribution in [0.15, 0.2) is 64.1 Å². The molecule has 3 rings (SSSR count). The van der Waals surface area contributed by atoms with Gasteiger partial charge in [-0.3, -0.25) is 9.36 Å². The van der Waals surface area contributed by atoms with Crippen molar-refractivity contribution in [3.05, 3.63) is 92.2 Å². The summed E-state index contributed by atoms with van der Waals surface area (Å²) in [6.07, 6.45) is 1.37. The Morgan fingerprint density at radius 1 is 1.15 bits per heavy atom. The summed E-state index contributed by atoms with van der Waals surface area (Å²) in [6.45, 7) is 0.287. The van der Waals surface area contributed by atoms with Crippen LogP contribution >= 0.6 is 15.9 Å². The largest absolute Gasteiger partial charge is 0.472 e. The quantitative estimate of drug-likeness (QED) is 0.667. The molecule has 0 aliphatic heterocycles. The monoisotopic (exact) mass is 418 g/mol. The second kappa shape index (κ2) is 8.25. The molecule has 0 saturated carbocycles. The van der Waals surface area contributed by atoms with Gasteiger partial charge in [-0.05, 0) is 44.8 Å². The highest BCUT2D eigenvalue weighted by atomic mass is 79.9. The Morgan fingerprint density at radius 3 is 2.65 bits per heavy atom. The molecule has 0 atom stereocenters. The van der Waals surface area contributed by atoms with Gasteiger partial charge in [0.05, 0.1) is 13.2 Å². The van der Waals surface area contributed by atoms with Gasteiger partial charge in [0.15, 0.2) is 0 Å². The van der Waals surface area contributed by atoms with E-state index in [2.05, 4.69) is 20.9 Å². The zero-order valence-electron chi connectivity index (χ0n) is 13.7. The van der Waals surface area contributed by atoms with E-state index in [-0.39, 0.29) is 41.5 Å². The van der Waals surface area contributed by atoms with Crippen molar-refractivity contribution in [2.24, 2.45) is 0 Å². The van der Waals surface area contributed by atoms with Crippen LogP contribution in [0.5, 0.6) is 5.88 Å². The molecule has 134 valence electrons. The van der Waals surface area contributed by atoms with Crippen LogP contribution in [0.3, 0.4) is 0 Å². The van der Waals surface area contributed by atoms with Gasteiger partial charge >= 0.3 is 0 Å². The van der Waals surface area contributed by atoms with Gasteiger partial charge in [-0.2, -0.15) is 0 Å². The second-order valence-electron chi connectivity index (χ2n) is 5.64. The molecule has 26 heavy (non-hydrogen) atoms. The Labute approximate surface area is 157 Å². The summed E-state index contributed by atoms with van der Waals surface area (Å²) in [5.41, 5.74) is 1.90. The fraction of sp³-hybridized carbons (Fsp3) is 0.158. The lowest BCUT2D eigenvalue weighted by Crippen LogP contribution is -2.22. The fourth-order valence-electron chi connectivity index (χ4n) is 2.49. The highest BCUT2D eigenvalue weighted by Crippen LogP contribution is 2.20. The second-order valence-corrected chi connectivity index (χ2v) is 6.44. The van der Waals surface area contributed by atoms with Gasteiger partial charge < -0.3 is 9.84 Å². The average Bonchev–Trinajstić information content (AvgIpc) is 2.65. The van der Waals surface area contributed by atoms with Crippen molar-refractivity contribution in [1.29, 1.82) is 0 Å². The molecule has 0 saturated heterocycles. The number of aliphatic hydroxyl groups is 1. The highest BCUT2D eigenvalue weighted by molar-refractivity contribution is 9.10. The molecule has 7 heteroatoms. The number of hydrogen-bond donors (Lipinski definition) is 1. The highest BCUT2D eigenvalue weighted by Gasteiger charge is 2.12. The van der Waals surface area contributed by atoms with Crippen molar-refractivity contribution in [1.82, 2.24) is 9.55 Å². The Balaban J connectivity index is 1.78. The zero-order valence-corrected chi connectivity index (χ0v) is 15.3. The maximum atomic E-state index is 13.3. The van der Waals surface area contributed by atoms with Crippen LogP contribution in [0, 0.1) is 5.82 Å². The molecule has 0 unspecified atom stereocenters. The van der Waals surface area contributed by atoms with Gasteiger partial charge in [-0.1, -0.05) is 36.4 Å². The maximum Gasteiger partial charge on any atom is 0.271 e. The Bertz CT molecular complexity index is 975. The van der Waals surface area contributed by atoms with Crippen molar-refractivity contribution < 1.29 is 14.2 Å². The van der Waals surface area contributed by atoms with Crippen LogP contribution in [0.1, 0.15) is 16.7 Å². The summed E-state index contributed by atoms with van der Waals surface area (Å²) in [5, 5.41) is 9.35. The van der Waals surface area contributed by atoms with Crippen LogP contribution in [-0.4, -0.2) is 14.7 Å². The molecular formula is C19H16BrFN2O3. The molecule has 0 radical (unpaired) electrons. The average molecular weight is 419 g/mol. The number of aromatic nitrogens is 2. The van der Waals surface area contributed by atoms with Gasteiger partial charge in [-0.15, -0.1) is 0 Å². The summed E-state index contributed by atoms with van der Waals surface area (Å²) in [5.74, 6) is -0.191. The zero-order chi connectivity index (χ0) is 18.5. The van der Waals surface area contributed by atoms with Crippen molar-refractivity contribution >= 4 is 15.9 Å². The van der Waals surface area contributed by atoms with Crippen LogP contribution in [0.4, 0.5) is 4.39 Å². The molecule has 1 heterocycles. The van der Waals surface area contributed by atoms with E-state index in [0.29, 0.717) is 5.56 Å². The third kappa shape index (κ3) is 4.17. The molecule has 0 amide bonds. The molecule has 5 nitrogen and oxygen atoms in total. The van der Waals surface area contributed by atoms with E-state index in [1.165, 1.54) is 23.0 Å². The first-order valence-corrected chi connectivity index (χ1v) is 8.67. The van der Waals surface area contributed by atoms with Crippen LogP contribution < -0.4 is 10.3 Å². The molecule has 0 aliphatic carbocycles. The van der Waals surface area contributed by atoms with Gasteiger partial charge in [0, 0.05) is 0 Å². The van der Waals surface area contributed by atoms with E-state index in [1.54, 1.807) is 18.2 Å². The lowest BCUT2D eigenvalue weighted by atomic mass is 10.1. The molecule has 1 aromatic heterocycles. The fourth-order valence-corrected chi connectivity index (χ4v) is 2.94. The van der Waals surface area contributed by atoms with Crippen LogP contribution in [-0.2, 0) is 19.8 Å². The first-order valence-electron chi connectivity index (χ1n) is 7.88. The lowest BCUT2D eigenvalue weighted by Gasteiger charge is -2.12. The molecule has 0 bridgehead atoms. The van der Waals surface area contributed by atoms with Crippen molar-refractivity contribution in [2.45, 2.75) is 19.8 Å². The summed E-state index contributed by atoms with van der Waals surface area (Å²) >= 11 is 3.22. The molecule has 0 aliphatic rings. The van der Waals surface area contributed by atoms with Gasteiger partial charge in [-0.25, -0.2) is 9.37 Å². The molecular weight excluding hydrogens is 403 g/mol. The minimum Gasteiger partial charge on any atom is -0.472 e. The van der Waals surface area contributed by atoms with E-state index < -0.39 is 0 Å². The Kier molecular flexibility index (Phi) is 5.80. The van der Waals surface area contributed by atoms with E-state index in [4.69, 9.17) is 4.74 Å². The molecule has 1 N–H and O–H groups in total. The minimum absolute atomic E-state index is 0.0939. The summed E-state index contributed by atoms with van der Waals surface area (Å²) < 4.78 is 20.5. The smallest absolute Gasteiger partial charge is 0.271 e. The van der Waals surface area contributed by atoms with Crippen LogP contribution in [0.25, 0.3) is 0 Å². The third-order valence-electron chi connectivity index (χ3n) is 3.85. The number of halogens is 2. The lowest BCUT2D eigenvalue weighted by molar-refractivity contribution is 0.264. The Hall–Kier alpha value is -2.51. The van der Waals surface area contributed by atoms with E-state index in [0.717, 1.165) is 11.1 Å². The van der Waals surface area contributed by atoms with E-state index >= 15 is 0 Å². The number of hydrogen-bond acceptors (Lipinski definition) is 4. The third-order valence-corrected chi connectivity index (χ3v) is 4.52.